The molecule has 7 nitrogen and oxygen atoms in total. The molecular weight excluding hydrogens is 298 g/mol. The second-order valence-corrected chi connectivity index (χ2v) is 6.57. The molecule has 0 spiro atoms. The third-order valence-electron chi connectivity index (χ3n) is 3.35. The van der Waals surface area contributed by atoms with Gasteiger partial charge in [0.25, 0.3) is 0 Å². The van der Waals surface area contributed by atoms with Crippen molar-refractivity contribution in [3.8, 4) is 0 Å². The largest absolute Gasteiger partial charge is 0.444 e. The number of hydroxylamine groups is 1. The van der Waals surface area contributed by atoms with E-state index in [1.807, 2.05) is 20.8 Å². The number of nitrogens with zero attached hydrogens (tertiary/aromatic N) is 1. The molecule has 0 bridgehead atoms. The Morgan fingerprint density at radius 3 is 2.65 bits per heavy atom. The normalized spacial score (nSPS) is 20.0. The van der Waals surface area contributed by atoms with Crippen LogP contribution in [0.4, 0.5) is 4.79 Å². The maximum Gasteiger partial charge on any atom is 0.410 e. The number of rotatable bonds is 5. The molecule has 1 saturated heterocycles. The number of ether oxygens (including phenoxy) is 1. The number of piperidine rings is 1. The van der Waals surface area contributed by atoms with Crippen LogP contribution in [0.1, 0.15) is 40.5 Å². The minimum atomic E-state index is -0.522. The van der Waals surface area contributed by atoms with Crippen LogP contribution in [-0.4, -0.2) is 47.2 Å². The smallest absolute Gasteiger partial charge is 0.410 e. The average molecular weight is 325 g/mol. The van der Waals surface area contributed by atoms with Gasteiger partial charge in [-0.3, -0.25) is 15.5 Å². The molecule has 7 heteroatoms. The van der Waals surface area contributed by atoms with E-state index in [9.17, 15) is 14.8 Å². The summed E-state index contributed by atoms with van der Waals surface area (Å²) in [6.07, 6.45) is 5.00. The van der Waals surface area contributed by atoms with Crippen molar-refractivity contribution in [2.45, 2.75) is 52.2 Å². The number of allylic oxidation sites excluding steroid dienone is 3. The van der Waals surface area contributed by atoms with E-state index in [-0.39, 0.29) is 12.1 Å². The van der Waals surface area contributed by atoms with Crippen LogP contribution in [0.3, 0.4) is 0 Å². The minimum absolute atomic E-state index is 0.00880. The van der Waals surface area contributed by atoms with Gasteiger partial charge in [-0.15, -0.1) is 0 Å². The predicted molar refractivity (Wildman–Crippen MR) is 86.8 cm³/mol. The summed E-state index contributed by atoms with van der Waals surface area (Å²) >= 11 is 0. The van der Waals surface area contributed by atoms with Crippen LogP contribution in [0.15, 0.2) is 23.5 Å². The van der Waals surface area contributed by atoms with Gasteiger partial charge in [0, 0.05) is 19.1 Å². The molecular formula is C16H27N3O4. The van der Waals surface area contributed by atoms with Crippen molar-refractivity contribution in [1.29, 1.82) is 0 Å². The van der Waals surface area contributed by atoms with Crippen molar-refractivity contribution in [2.24, 2.45) is 0 Å². The second kappa shape index (κ2) is 8.57. The third-order valence-corrected chi connectivity index (χ3v) is 3.35. The lowest BCUT2D eigenvalue weighted by Gasteiger charge is -2.35. The summed E-state index contributed by atoms with van der Waals surface area (Å²) in [5, 5.41) is 12.4. The molecule has 0 aromatic carbocycles. The van der Waals surface area contributed by atoms with Crippen molar-refractivity contribution in [3.05, 3.63) is 23.5 Å². The standard InChI is InChI=1S/C16H27N3O4/c1-12(7-6-10-20)14(18-22)17-13-8-5-9-19(11-13)15(21)23-16(2,3)4/h6-7,10,13,17-18,22H,5,8-9,11H2,1-4H3/b7-6-,14-12-/t13-/m1/s1. The summed E-state index contributed by atoms with van der Waals surface area (Å²) in [4.78, 5) is 24.2. The summed E-state index contributed by atoms with van der Waals surface area (Å²) in [5.41, 5.74) is 2.27. The third kappa shape index (κ3) is 6.73. The van der Waals surface area contributed by atoms with Gasteiger partial charge in [0.1, 0.15) is 17.7 Å². The zero-order chi connectivity index (χ0) is 17.5. The van der Waals surface area contributed by atoms with E-state index in [0.29, 0.717) is 30.8 Å². The van der Waals surface area contributed by atoms with E-state index < -0.39 is 5.60 Å². The zero-order valence-corrected chi connectivity index (χ0v) is 14.3. The van der Waals surface area contributed by atoms with Crippen molar-refractivity contribution in [2.75, 3.05) is 13.1 Å². The van der Waals surface area contributed by atoms with Crippen molar-refractivity contribution < 1.29 is 19.5 Å². The predicted octanol–water partition coefficient (Wildman–Crippen LogP) is 1.94. The molecule has 1 atom stereocenters. The Labute approximate surface area is 137 Å². The van der Waals surface area contributed by atoms with E-state index in [0.717, 1.165) is 12.8 Å². The van der Waals surface area contributed by atoms with E-state index in [1.54, 1.807) is 17.9 Å². The second-order valence-electron chi connectivity index (χ2n) is 6.57. The molecule has 0 aromatic heterocycles. The first-order valence-corrected chi connectivity index (χ1v) is 7.74. The van der Waals surface area contributed by atoms with Gasteiger partial charge in [-0.05, 0) is 52.2 Å². The van der Waals surface area contributed by atoms with Gasteiger partial charge < -0.3 is 15.0 Å². The average Bonchev–Trinajstić information content (AvgIpc) is 2.48. The number of carbonyl (C=O) groups is 2. The fourth-order valence-corrected chi connectivity index (χ4v) is 2.29. The summed E-state index contributed by atoms with van der Waals surface area (Å²) in [7, 11) is 0. The van der Waals surface area contributed by atoms with E-state index in [4.69, 9.17) is 4.74 Å². The van der Waals surface area contributed by atoms with Crippen molar-refractivity contribution in [3.63, 3.8) is 0 Å². The number of aldehydes is 1. The maximum atomic E-state index is 12.1. The number of hydrogen-bond donors (Lipinski definition) is 3. The number of carbonyl (C=O) groups excluding carboxylic acids is 2. The highest BCUT2D eigenvalue weighted by Gasteiger charge is 2.27. The van der Waals surface area contributed by atoms with Crippen LogP contribution < -0.4 is 10.8 Å². The van der Waals surface area contributed by atoms with E-state index in [2.05, 4.69) is 10.8 Å². The molecule has 0 aliphatic carbocycles. The number of hydrogen-bond acceptors (Lipinski definition) is 6. The summed E-state index contributed by atoms with van der Waals surface area (Å²) in [6.45, 7) is 8.42. The van der Waals surface area contributed by atoms with Gasteiger partial charge >= 0.3 is 6.09 Å². The molecule has 130 valence electrons. The van der Waals surface area contributed by atoms with Gasteiger partial charge in [-0.1, -0.05) is 6.08 Å². The van der Waals surface area contributed by atoms with Crippen LogP contribution in [0.25, 0.3) is 0 Å². The van der Waals surface area contributed by atoms with Gasteiger partial charge in [-0.25, -0.2) is 4.79 Å². The van der Waals surface area contributed by atoms with Crippen LogP contribution >= 0.6 is 0 Å². The zero-order valence-electron chi connectivity index (χ0n) is 14.3. The highest BCUT2D eigenvalue weighted by atomic mass is 16.6. The summed E-state index contributed by atoms with van der Waals surface area (Å²) in [5.74, 6) is 0.416. The van der Waals surface area contributed by atoms with Gasteiger partial charge in [0.15, 0.2) is 0 Å². The molecule has 1 heterocycles. The van der Waals surface area contributed by atoms with Crippen LogP contribution in [-0.2, 0) is 9.53 Å². The first-order valence-electron chi connectivity index (χ1n) is 7.74. The SMILES string of the molecule is CC(/C=C\C=O)=C(/NO)N[C@@H]1CCCN(C(=O)OC(C)(C)C)C1. The lowest BCUT2D eigenvalue weighted by molar-refractivity contribution is -0.104. The highest BCUT2D eigenvalue weighted by molar-refractivity contribution is 5.68. The molecule has 1 aliphatic heterocycles. The molecule has 23 heavy (non-hydrogen) atoms. The number of amides is 1. The van der Waals surface area contributed by atoms with Crippen LogP contribution in [0.2, 0.25) is 0 Å². The fourth-order valence-electron chi connectivity index (χ4n) is 2.29. The molecule has 1 amide bonds. The Hall–Kier alpha value is -2.02. The number of nitrogens with one attached hydrogen (secondary N) is 2. The van der Waals surface area contributed by atoms with E-state index >= 15 is 0 Å². The first kappa shape index (κ1) is 19.0. The summed E-state index contributed by atoms with van der Waals surface area (Å²) in [6, 6.07) is -0.00880. The van der Waals surface area contributed by atoms with Crippen LogP contribution in [0, 0.1) is 0 Å². The molecule has 3 N–H and O–H groups in total. The van der Waals surface area contributed by atoms with Gasteiger partial charge in [0.05, 0.1) is 0 Å². The Morgan fingerprint density at radius 1 is 1.39 bits per heavy atom. The Balaban J connectivity index is 2.69. The quantitative estimate of drug-likeness (QED) is 0.310. The molecule has 0 unspecified atom stereocenters. The van der Waals surface area contributed by atoms with E-state index in [1.165, 1.54) is 6.08 Å². The molecule has 0 radical (unpaired) electrons. The van der Waals surface area contributed by atoms with Gasteiger partial charge in [-0.2, -0.15) is 0 Å². The Kier molecular flexibility index (Phi) is 7.09. The van der Waals surface area contributed by atoms with Crippen molar-refractivity contribution >= 4 is 12.4 Å². The molecule has 1 rings (SSSR count). The lowest BCUT2D eigenvalue weighted by Crippen LogP contribution is -2.50. The Bertz CT molecular complexity index is 480. The summed E-state index contributed by atoms with van der Waals surface area (Å²) < 4.78 is 5.39. The molecule has 0 saturated carbocycles. The lowest BCUT2D eigenvalue weighted by atomic mass is 10.1. The monoisotopic (exact) mass is 325 g/mol. The van der Waals surface area contributed by atoms with Crippen LogP contribution in [0.5, 0.6) is 0 Å². The van der Waals surface area contributed by atoms with Crippen molar-refractivity contribution in [1.82, 2.24) is 15.7 Å². The maximum absolute atomic E-state index is 12.1. The number of likely N-dealkylation sites (tertiary alicyclic amines) is 1. The Morgan fingerprint density at radius 2 is 2.09 bits per heavy atom. The van der Waals surface area contributed by atoms with Gasteiger partial charge in [0.2, 0.25) is 0 Å². The minimum Gasteiger partial charge on any atom is -0.444 e. The first-order chi connectivity index (χ1) is 10.8. The fraction of sp³-hybridized carbons (Fsp3) is 0.625. The molecule has 1 aliphatic rings. The topological polar surface area (TPSA) is 90.9 Å². The highest BCUT2D eigenvalue weighted by Crippen LogP contribution is 2.16. The molecule has 1 fully saturated rings. The molecule has 0 aromatic rings.